The number of pyridine rings is 1. The fraction of sp³-hybridized carbons (Fsp3) is 0.708. The number of amides is 2. The Morgan fingerprint density at radius 2 is 1.97 bits per heavy atom. The Kier molecular flexibility index (Phi) is 8.08. The number of hydrogen-bond donors (Lipinski definition) is 0. The number of carbonyl (C=O) groups excluding carboxylic acids is 2. The van der Waals surface area contributed by atoms with Crippen molar-refractivity contribution >= 4 is 11.8 Å². The molecule has 1 unspecified atom stereocenters. The summed E-state index contributed by atoms with van der Waals surface area (Å²) in [7, 11) is 0. The van der Waals surface area contributed by atoms with Crippen LogP contribution < -0.4 is 0 Å². The first-order chi connectivity index (χ1) is 14.0. The third-order valence-corrected chi connectivity index (χ3v) is 6.53. The van der Waals surface area contributed by atoms with Gasteiger partial charge in [0.2, 0.25) is 11.8 Å². The monoisotopic (exact) mass is 399 g/mol. The summed E-state index contributed by atoms with van der Waals surface area (Å²) in [5, 5.41) is 0. The molecule has 29 heavy (non-hydrogen) atoms. The minimum absolute atomic E-state index is 0.0518. The number of rotatable bonds is 7. The summed E-state index contributed by atoms with van der Waals surface area (Å²) in [6.07, 6.45) is 13.8. The van der Waals surface area contributed by atoms with Gasteiger partial charge in [0.25, 0.3) is 0 Å². The lowest BCUT2D eigenvalue weighted by atomic mass is 9.86. The van der Waals surface area contributed by atoms with Crippen molar-refractivity contribution in [1.29, 1.82) is 0 Å². The van der Waals surface area contributed by atoms with Gasteiger partial charge in [-0.2, -0.15) is 0 Å². The number of piperidine rings is 1. The molecule has 5 heteroatoms. The maximum absolute atomic E-state index is 13.0. The predicted octanol–water partition coefficient (Wildman–Crippen LogP) is 4.42. The summed E-state index contributed by atoms with van der Waals surface area (Å²) in [5.74, 6) is 1.12. The van der Waals surface area contributed by atoms with Crippen LogP contribution in [0.3, 0.4) is 0 Å². The van der Waals surface area contributed by atoms with Crippen LogP contribution in [0.25, 0.3) is 0 Å². The van der Waals surface area contributed by atoms with Crippen LogP contribution >= 0.6 is 0 Å². The van der Waals surface area contributed by atoms with Crippen LogP contribution in [0.15, 0.2) is 24.5 Å². The molecule has 1 aromatic rings. The first-order valence-corrected chi connectivity index (χ1v) is 11.5. The van der Waals surface area contributed by atoms with E-state index in [0.29, 0.717) is 19.5 Å². The first-order valence-electron chi connectivity index (χ1n) is 11.5. The molecule has 0 bridgehead atoms. The molecule has 1 atom stereocenters. The molecule has 1 aromatic heterocycles. The highest BCUT2D eigenvalue weighted by Crippen LogP contribution is 2.28. The first kappa shape index (κ1) is 21.8. The lowest BCUT2D eigenvalue weighted by molar-refractivity contribution is -0.142. The highest BCUT2D eigenvalue weighted by atomic mass is 16.2. The largest absolute Gasteiger partial charge is 0.341 e. The van der Waals surface area contributed by atoms with Gasteiger partial charge in [-0.25, -0.2) is 0 Å². The summed E-state index contributed by atoms with van der Waals surface area (Å²) in [6.45, 7) is 5.97. The minimum Gasteiger partial charge on any atom is -0.341 e. The molecule has 160 valence electrons. The molecule has 5 nitrogen and oxygen atoms in total. The smallest absolute Gasteiger partial charge is 0.225 e. The Bertz CT molecular complexity index is 655. The second-order valence-corrected chi connectivity index (χ2v) is 9.16. The van der Waals surface area contributed by atoms with E-state index >= 15 is 0 Å². The Morgan fingerprint density at radius 3 is 2.66 bits per heavy atom. The van der Waals surface area contributed by atoms with Crippen molar-refractivity contribution in [3.63, 3.8) is 0 Å². The summed E-state index contributed by atoms with van der Waals surface area (Å²) in [6, 6.07) is 4.02. The van der Waals surface area contributed by atoms with E-state index in [4.69, 9.17) is 0 Å². The molecule has 2 fully saturated rings. The molecule has 2 aliphatic rings. The summed E-state index contributed by atoms with van der Waals surface area (Å²) >= 11 is 0. The van der Waals surface area contributed by atoms with Gasteiger partial charge in [-0.05, 0) is 36.8 Å². The van der Waals surface area contributed by atoms with E-state index in [1.54, 1.807) is 6.20 Å². The van der Waals surface area contributed by atoms with E-state index in [-0.39, 0.29) is 23.8 Å². The van der Waals surface area contributed by atoms with E-state index in [9.17, 15) is 9.59 Å². The van der Waals surface area contributed by atoms with Crippen molar-refractivity contribution in [2.24, 2.45) is 11.8 Å². The molecule has 0 spiro atoms. The zero-order chi connectivity index (χ0) is 20.6. The van der Waals surface area contributed by atoms with Gasteiger partial charge in [0, 0.05) is 50.4 Å². The van der Waals surface area contributed by atoms with Gasteiger partial charge < -0.3 is 9.80 Å². The fourth-order valence-electron chi connectivity index (χ4n) is 4.80. The van der Waals surface area contributed by atoms with Gasteiger partial charge in [-0.3, -0.25) is 14.6 Å². The molecule has 3 rings (SSSR count). The maximum atomic E-state index is 13.0. The van der Waals surface area contributed by atoms with Gasteiger partial charge >= 0.3 is 0 Å². The van der Waals surface area contributed by atoms with E-state index in [1.807, 2.05) is 42.0 Å². The molecule has 0 N–H and O–H groups in total. The Balaban J connectivity index is 1.60. The normalized spacial score (nSPS) is 20.7. The van der Waals surface area contributed by atoms with Gasteiger partial charge in [0.1, 0.15) is 0 Å². The number of likely N-dealkylation sites (tertiary alicyclic amines) is 1. The Labute approximate surface area is 175 Å². The molecule has 0 radical (unpaired) electrons. The topological polar surface area (TPSA) is 53.5 Å². The molecule has 1 aliphatic carbocycles. The SMILES string of the molecule is CC(C)C(=O)N(Cc1cccnc1)C1CCCN(C(=O)CCC2CCCCC2)C1. The van der Waals surface area contributed by atoms with Crippen LogP contribution in [-0.2, 0) is 16.1 Å². The molecule has 1 aliphatic heterocycles. The highest BCUT2D eigenvalue weighted by Gasteiger charge is 2.31. The van der Waals surface area contributed by atoms with E-state index < -0.39 is 0 Å². The van der Waals surface area contributed by atoms with Crippen LogP contribution in [0.5, 0.6) is 0 Å². The molecule has 2 heterocycles. The number of aromatic nitrogens is 1. The van der Waals surface area contributed by atoms with Crippen molar-refractivity contribution < 1.29 is 9.59 Å². The average molecular weight is 400 g/mol. The zero-order valence-electron chi connectivity index (χ0n) is 18.2. The van der Waals surface area contributed by atoms with E-state index in [1.165, 1.54) is 32.1 Å². The maximum Gasteiger partial charge on any atom is 0.225 e. The molecular formula is C24H37N3O2. The average Bonchev–Trinajstić information content (AvgIpc) is 2.76. The molecular weight excluding hydrogens is 362 g/mol. The van der Waals surface area contributed by atoms with Crippen molar-refractivity contribution in [2.45, 2.75) is 84.2 Å². The zero-order valence-corrected chi connectivity index (χ0v) is 18.2. The van der Waals surface area contributed by atoms with Gasteiger partial charge in [-0.1, -0.05) is 52.0 Å². The third kappa shape index (κ3) is 6.28. The molecule has 1 saturated carbocycles. The minimum atomic E-state index is -0.0518. The predicted molar refractivity (Wildman–Crippen MR) is 115 cm³/mol. The second-order valence-electron chi connectivity index (χ2n) is 9.16. The molecule has 1 saturated heterocycles. The lowest BCUT2D eigenvalue weighted by Gasteiger charge is -2.40. The van der Waals surface area contributed by atoms with Crippen LogP contribution in [0.4, 0.5) is 0 Å². The fourth-order valence-corrected chi connectivity index (χ4v) is 4.80. The van der Waals surface area contributed by atoms with Gasteiger partial charge in [0.15, 0.2) is 0 Å². The lowest BCUT2D eigenvalue weighted by Crippen LogP contribution is -2.52. The number of carbonyl (C=O) groups is 2. The summed E-state index contributed by atoms with van der Waals surface area (Å²) in [5.41, 5.74) is 1.04. The van der Waals surface area contributed by atoms with Gasteiger partial charge in [-0.15, -0.1) is 0 Å². The van der Waals surface area contributed by atoms with Crippen LogP contribution in [0, 0.1) is 11.8 Å². The Hall–Kier alpha value is -1.91. The highest BCUT2D eigenvalue weighted by molar-refractivity contribution is 5.79. The molecule has 2 amide bonds. The van der Waals surface area contributed by atoms with E-state index in [0.717, 1.165) is 37.3 Å². The summed E-state index contributed by atoms with van der Waals surface area (Å²) in [4.78, 5) is 34.0. The molecule has 0 aromatic carbocycles. The van der Waals surface area contributed by atoms with Crippen molar-refractivity contribution in [2.75, 3.05) is 13.1 Å². The standard InChI is InChI=1S/C24H37N3O2/c1-19(2)24(29)27(17-21-10-6-14-25-16-21)22-11-7-15-26(18-22)23(28)13-12-20-8-4-3-5-9-20/h6,10,14,16,19-20,22H,3-5,7-9,11-13,15,17-18H2,1-2H3. The van der Waals surface area contributed by atoms with E-state index in [2.05, 4.69) is 4.98 Å². The van der Waals surface area contributed by atoms with Crippen LogP contribution in [0.1, 0.15) is 77.2 Å². The number of hydrogen-bond acceptors (Lipinski definition) is 3. The van der Waals surface area contributed by atoms with Crippen molar-refractivity contribution in [3.05, 3.63) is 30.1 Å². The van der Waals surface area contributed by atoms with Crippen LogP contribution in [-0.4, -0.2) is 45.7 Å². The summed E-state index contributed by atoms with van der Waals surface area (Å²) < 4.78 is 0. The Morgan fingerprint density at radius 1 is 1.17 bits per heavy atom. The quantitative estimate of drug-likeness (QED) is 0.682. The third-order valence-electron chi connectivity index (χ3n) is 6.53. The number of nitrogens with zero attached hydrogens (tertiary/aromatic N) is 3. The van der Waals surface area contributed by atoms with Crippen molar-refractivity contribution in [3.8, 4) is 0 Å². The second kappa shape index (κ2) is 10.7. The van der Waals surface area contributed by atoms with Crippen molar-refractivity contribution in [1.82, 2.24) is 14.8 Å². The van der Waals surface area contributed by atoms with Gasteiger partial charge in [0.05, 0.1) is 0 Å². The van der Waals surface area contributed by atoms with Crippen LogP contribution in [0.2, 0.25) is 0 Å².